The molecular formula is C8H17NO5S. The number of esters is 1. The number of carbonyl (C=O) groups is 1. The van der Waals surface area contributed by atoms with Crippen LogP contribution in [0.2, 0.25) is 0 Å². The number of hydrogen-bond donors (Lipinski definition) is 2. The summed E-state index contributed by atoms with van der Waals surface area (Å²) in [5.74, 6) is -0.744. The summed E-state index contributed by atoms with van der Waals surface area (Å²) in [5, 5.41) is 2.83. The molecule has 0 bridgehead atoms. The van der Waals surface area contributed by atoms with Gasteiger partial charge < -0.3 is 10.1 Å². The lowest BCUT2D eigenvalue weighted by Gasteiger charge is -2.22. The maximum absolute atomic E-state index is 11.2. The van der Waals surface area contributed by atoms with Crippen LogP contribution in [-0.2, 0) is 19.6 Å². The molecule has 0 fully saturated rings. The summed E-state index contributed by atoms with van der Waals surface area (Å²) < 4.78 is 33.8. The minimum Gasteiger partial charge on any atom is -0.468 e. The largest absolute Gasteiger partial charge is 0.468 e. The Kier molecular flexibility index (Phi) is 5.19. The van der Waals surface area contributed by atoms with E-state index in [0.29, 0.717) is 6.54 Å². The highest BCUT2D eigenvalue weighted by molar-refractivity contribution is 7.85. The van der Waals surface area contributed by atoms with Crippen LogP contribution in [0.1, 0.15) is 20.3 Å². The van der Waals surface area contributed by atoms with Crippen LogP contribution in [0.3, 0.4) is 0 Å². The molecule has 0 aliphatic heterocycles. The van der Waals surface area contributed by atoms with E-state index in [1.165, 1.54) is 7.11 Å². The summed E-state index contributed by atoms with van der Waals surface area (Å²) in [5.41, 5.74) is -0.853. The molecule has 15 heavy (non-hydrogen) atoms. The number of ether oxygens (including phenoxy) is 1. The first-order valence-electron chi connectivity index (χ1n) is 4.47. The standard InChI is InChI=1S/C8H17NO5S/c1-8(2,7(10)14-3)9-5-4-6-15(11,12)13/h9H,4-6H2,1-3H3,(H,11,12,13). The van der Waals surface area contributed by atoms with Gasteiger partial charge in [0.15, 0.2) is 0 Å². The highest BCUT2D eigenvalue weighted by atomic mass is 32.2. The molecule has 7 heteroatoms. The van der Waals surface area contributed by atoms with E-state index < -0.39 is 21.6 Å². The smallest absolute Gasteiger partial charge is 0.325 e. The van der Waals surface area contributed by atoms with Crippen LogP contribution >= 0.6 is 0 Å². The normalized spacial score (nSPS) is 12.5. The van der Waals surface area contributed by atoms with Crippen molar-refractivity contribution in [2.45, 2.75) is 25.8 Å². The highest BCUT2D eigenvalue weighted by Gasteiger charge is 2.27. The van der Waals surface area contributed by atoms with Crippen LogP contribution in [0.25, 0.3) is 0 Å². The molecular weight excluding hydrogens is 222 g/mol. The maximum atomic E-state index is 11.2. The van der Waals surface area contributed by atoms with Crippen LogP contribution in [0.4, 0.5) is 0 Å². The van der Waals surface area contributed by atoms with Gasteiger partial charge >= 0.3 is 5.97 Å². The molecule has 90 valence electrons. The molecule has 0 heterocycles. The van der Waals surface area contributed by atoms with Crippen molar-refractivity contribution in [3.05, 3.63) is 0 Å². The number of nitrogens with one attached hydrogen (secondary N) is 1. The average Bonchev–Trinajstić information content (AvgIpc) is 2.09. The van der Waals surface area contributed by atoms with Gasteiger partial charge in [-0.25, -0.2) is 0 Å². The van der Waals surface area contributed by atoms with Gasteiger partial charge in [0.25, 0.3) is 10.1 Å². The summed E-state index contributed by atoms with van der Waals surface area (Å²) in [6.45, 7) is 3.57. The second-order valence-corrected chi connectivity index (χ2v) is 5.26. The molecule has 0 aromatic heterocycles. The Labute approximate surface area is 89.7 Å². The Bertz CT molecular complexity index is 309. The number of rotatable bonds is 6. The molecule has 0 atom stereocenters. The van der Waals surface area contributed by atoms with E-state index in [9.17, 15) is 13.2 Å². The fraction of sp³-hybridized carbons (Fsp3) is 0.875. The molecule has 0 rings (SSSR count). The summed E-state index contributed by atoms with van der Waals surface area (Å²) >= 11 is 0. The Hall–Kier alpha value is -0.660. The van der Waals surface area contributed by atoms with E-state index in [1.54, 1.807) is 13.8 Å². The van der Waals surface area contributed by atoms with Crippen molar-refractivity contribution in [3.63, 3.8) is 0 Å². The van der Waals surface area contributed by atoms with Crippen LogP contribution < -0.4 is 5.32 Å². The Morgan fingerprint density at radius 1 is 1.47 bits per heavy atom. The number of methoxy groups -OCH3 is 1. The van der Waals surface area contributed by atoms with Crippen molar-refractivity contribution in [3.8, 4) is 0 Å². The summed E-state index contributed by atoms with van der Waals surface area (Å²) in [7, 11) is -2.64. The van der Waals surface area contributed by atoms with E-state index in [0.717, 1.165) is 0 Å². The topological polar surface area (TPSA) is 92.7 Å². The zero-order valence-electron chi connectivity index (χ0n) is 9.11. The first-order valence-corrected chi connectivity index (χ1v) is 6.08. The summed E-state index contributed by atoms with van der Waals surface area (Å²) in [4.78, 5) is 11.2. The second-order valence-electron chi connectivity index (χ2n) is 3.68. The fourth-order valence-electron chi connectivity index (χ4n) is 0.983. The second kappa shape index (κ2) is 5.43. The van der Waals surface area contributed by atoms with Crippen LogP contribution in [0.15, 0.2) is 0 Å². The van der Waals surface area contributed by atoms with Gasteiger partial charge in [0.2, 0.25) is 0 Å². The van der Waals surface area contributed by atoms with Gasteiger partial charge in [0.1, 0.15) is 5.54 Å². The monoisotopic (exact) mass is 239 g/mol. The van der Waals surface area contributed by atoms with Crippen molar-refractivity contribution < 1.29 is 22.5 Å². The first-order chi connectivity index (χ1) is 6.69. The van der Waals surface area contributed by atoms with E-state index in [1.807, 2.05) is 0 Å². The molecule has 0 radical (unpaired) electrons. The van der Waals surface area contributed by atoms with Crippen molar-refractivity contribution >= 4 is 16.1 Å². The third-order valence-corrected chi connectivity index (χ3v) is 2.65. The van der Waals surface area contributed by atoms with Gasteiger partial charge in [0.05, 0.1) is 12.9 Å². The summed E-state index contributed by atoms with van der Waals surface area (Å²) in [6.07, 6.45) is 0.235. The molecule has 0 amide bonds. The molecule has 0 saturated heterocycles. The van der Waals surface area contributed by atoms with Gasteiger partial charge in [-0.3, -0.25) is 9.35 Å². The lowest BCUT2D eigenvalue weighted by Crippen LogP contribution is -2.48. The zero-order chi connectivity index (χ0) is 12.1. The van der Waals surface area contributed by atoms with Crippen molar-refractivity contribution in [2.75, 3.05) is 19.4 Å². The molecule has 6 nitrogen and oxygen atoms in total. The van der Waals surface area contributed by atoms with Crippen LogP contribution in [0.5, 0.6) is 0 Å². The molecule has 0 aromatic rings. The van der Waals surface area contributed by atoms with Crippen molar-refractivity contribution in [2.24, 2.45) is 0 Å². The quantitative estimate of drug-likeness (QED) is 0.379. The zero-order valence-corrected chi connectivity index (χ0v) is 9.93. The van der Waals surface area contributed by atoms with Crippen molar-refractivity contribution in [1.82, 2.24) is 5.32 Å². The van der Waals surface area contributed by atoms with Crippen LogP contribution in [0, 0.1) is 0 Å². The minimum atomic E-state index is -3.92. The average molecular weight is 239 g/mol. The third-order valence-electron chi connectivity index (χ3n) is 1.84. The molecule has 0 spiro atoms. The predicted octanol–water partition coefficient (Wildman–Crippen LogP) is -0.194. The van der Waals surface area contributed by atoms with Gasteiger partial charge in [-0.05, 0) is 26.8 Å². The molecule has 0 aliphatic carbocycles. The molecule has 0 unspecified atom stereocenters. The van der Waals surface area contributed by atoms with Gasteiger partial charge in [-0.1, -0.05) is 0 Å². The van der Waals surface area contributed by atoms with E-state index in [-0.39, 0.29) is 12.2 Å². The lowest BCUT2D eigenvalue weighted by molar-refractivity contribution is -0.147. The van der Waals surface area contributed by atoms with Gasteiger partial charge in [-0.15, -0.1) is 0 Å². The molecule has 0 aromatic carbocycles. The minimum absolute atomic E-state index is 0.235. The predicted molar refractivity (Wildman–Crippen MR) is 55.1 cm³/mol. The molecule has 0 aliphatic rings. The SMILES string of the molecule is COC(=O)C(C)(C)NCCCS(=O)(=O)O. The van der Waals surface area contributed by atoms with E-state index in [2.05, 4.69) is 10.1 Å². The van der Waals surface area contributed by atoms with Crippen molar-refractivity contribution in [1.29, 1.82) is 0 Å². The maximum Gasteiger partial charge on any atom is 0.325 e. The lowest BCUT2D eigenvalue weighted by atomic mass is 10.1. The van der Waals surface area contributed by atoms with E-state index >= 15 is 0 Å². The van der Waals surface area contributed by atoms with E-state index in [4.69, 9.17) is 4.55 Å². The van der Waals surface area contributed by atoms with Gasteiger partial charge in [-0.2, -0.15) is 8.42 Å². The third kappa shape index (κ3) is 6.43. The Morgan fingerprint density at radius 2 is 2.00 bits per heavy atom. The highest BCUT2D eigenvalue weighted by Crippen LogP contribution is 2.04. The van der Waals surface area contributed by atoms with Crippen LogP contribution in [-0.4, -0.2) is 43.9 Å². The number of carbonyl (C=O) groups excluding carboxylic acids is 1. The van der Waals surface area contributed by atoms with Gasteiger partial charge in [0, 0.05) is 0 Å². The Balaban J connectivity index is 3.91. The molecule has 2 N–H and O–H groups in total. The Morgan fingerprint density at radius 3 is 2.40 bits per heavy atom. The first kappa shape index (κ1) is 14.3. The number of hydrogen-bond acceptors (Lipinski definition) is 5. The molecule has 0 saturated carbocycles. The summed E-state index contributed by atoms with van der Waals surface area (Å²) in [6, 6.07) is 0. The fourth-order valence-corrected chi connectivity index (χ4v) is 1.49.